The smallest absolute Gasteiger partial charge is 0.251 e. The van der Waals surface area contributed by atoms with Gasteiger partial charge >= 0.3 is 0 Å². The molecule has 2 aromatic rings. The highest BCUT2D eigenvalue weighted by molar-refractivity contribution is 5.97. The van der Waals surface area contributed by atoms with Crippen LogP contribution in [-0.4, -0.2) is 21.5 Å². The van der Waals surface area contributed by atoms with Crippen LogP contribution in [0.3, 0.4) is 0 Å². The summed E-state index contributed by atoms with van der Waals surface area (Å²) in [6.45, 7) is 1.06. The summed E-state index contributed by atoms with van der Waals surface area (Å²) in [6.07, 6.45) is 10.8. The van der Waals surface area contributed by atoms with Crippen LogP contribution < -0.4 is 5.32 Å². The summed E-state index contributed by atoms with van der Waals surface area (Å²) in [6, 6.07) is 6.35. The number of nitrogens with zero attached hydrogens (tertiary/aromatic N) is 2. The van der Waals surface area contributed by atoms with Crippen molar-refractivity contribution in [3.63, 3.8) is 0 Å². The van der Waals surface area contributed by atoms with Crippen LogP contribution in [0.1, 0.15) is 67.5 Å². The molecule has 1 N–H and O–H groups in total. The number of rotatable bonds is 2. The van der Waals surface area contributed by atoms with Crippen molar-refractivity contribution in [3.8, 4) is 0 Å². The molecule has 23 heavy (non-hydrogen) atoms. The Morgan fingerprint density at radius 3 is 2.78 bits per heavy atom. The van der Waals surface area contributed by atoms with Gasteiger partial charge in [-0.2, -0.15) is 0 Å². The maximum atomic E-state index is 12.5. The minimum atomic E-state index is 0.0574. The van der Waals surface area contributed by atoms with E-state index in [1.807, 2.05) is 12.1 Å². The average Bonchev–Trinajstić information content (AvgIpc) is 2.75. The van der Waals surface area contributed by atoms with Crippen molar-refractivity contribution < 1.29 is 4.79 Å². The van der Waals surface area contributed by atoms with Gasteiger partial charge in [0.2, 0.25) is 0 Å². The first-order chi connectivity index (χ1) is 11.3. The van der Waals surface area contributed by atoms with Crippen molar-refractivity contribution in [2.75, 3.05) is 0 Å². The van der Waals surface area contributed by atoms with Crippen LogP contribution in [0.2, 0.25) is 0 Å². The molecule has 1 amide bonds. The fraction of sp³-hybridized carbons (Fsp3) is 0.579. The van der Waals surface area contributed by atoms with Gasteiger partial charge in [0.25, 0.3) is 5.91 Å². The molecule has 0 saturated heterocycles. The molecule has 4 nitrogen and oxygen atoms in total. The van der Waals surface area contributed by atoms with Gasteiger partial charge in [-0.25, -0.2) is 4.98 Å². The number of hydrogen-bond donors (Lipinski definition) is 1. The van der Waals surface area contributed by atoms with Crippen molar-refractivity contribution in [2.24, 2.45) is 0 Å². The van der Waals surface area contributed by atoms with Gasteiger partial charge < -0.3 is 9.88 Å². The second-order valence-electron chi connectivity index (χ2n) is 7.00. The molecule has 1 aromatic heterocycles. The van der Waals surface area contributed by atoms with Gasteiger partial charge in [0.1, 0.15) is 5.82 Å². The molecular weight excluding hydrogens is 286 g/mol. The predicted molar refractivity (Wildman–Crippen MR) is 91.6 cm³/mol. The van der Waals surface area contributed by atoms with Gasteiger partial charge in [0.05, 0.1) is 11.0 Å². The molecule has 0 bridgehead atoms. The van der Waals surface area contributed by atoms with E-state index >= 15 is 0 Å². The van der Waals surface area contributed by atoms with Crippen LogP contribution in [0.25, 0.3) is 11.0 Å². The lowest BCUT2D eigenvalue weighted by Gasteiger charge is -2.22. The zero-order valence-electron chi connectivity index (χ0n) is 13.7. The molecule has 0 radical (unpaired) electrons. The van der Waals surface area contributed by atoms with Crippen molar-refractivity contribution in [3.05, 3.63) is 29.6 Å². The largest absolute Gasteiger partial charge is 0.349 e. The number of fused-ring (bicyclic) bond motifs is 3. The molecule has 1 aromatic carbocycles. The standard InChI is InChI=1S/C19H25N3O/c23-19(20-15-7-3-1-4-8-15)14-10-11-17-16(13-14)21-18-9-5-2-6-12-22(17)18/h10-11,13,15H,1-9,12H2,(H,20,23). The molecule has 1 aliphatic heterocycles. The van der Waals surface area contributed by atoms with E-state index in [9.17, 15) is 4.79 Å². The van der Waals surface area contributed by atoms with Crippen LogP contribution in [0.15, 0.2) is 18.2 Å². The first-order valence-corrected chi connectivity index (χ1v) is 9.11. The Bertz CT molecular complexity index is 713. The number of carbonyl (C=O) groups excluding carboxylic acids is 1. The fourth-order valence-electron chi connectivity index (χ4n) is 4.01. The second-order valence-corrected chi connectivity index (χ2v) is 7.00. The minimum absolute atomic E-state index is 0.0574. The zero-order valence-corrected chi connectivity index (χ0v) is 13.7. The van der Waals surface area contributed by atoms with Gasteiger partial charge in [-0.15, -0.1) is 0 Å². The summed E-state index contributed by atoms with van der Waals surface area (Å²) in [4.78, 5) is 17.3. The van der Waals surface area contributed by atoms with Gasteiger partial charge in [-0.3, -0.25) is 4.79 Å². The van der Waals surface area contributed by atoms with Crippen LogP contribution in [0.5, 0.6) is 0 Å². The highest BCUT2D eigenvalue weighted by Gasteiger charge is 2.18. The third-order valence-corrected chi connectivity index (χ3v) is 5.31. The molecule has 0 spiro atoms. The lowest BCUT2D eigenvalue weighted by molar-refractivity contribution is 0.0928. The van der Waals surface area contributed by atoms with Crippen molar-refractivity contribution in [1.82, 2.24) is 14.9 Å². The van der Waals surface area contributed by atoms with Crippen molar-refractivity contribution in [1.29, 1.82) is 0 Å². The first kappa shape index (κ1) is 14.7. The molecule has 1 aliphatic carbocycles. The average molecular weight is 311 g/mol. The van der Waals surface area contributed by atoms with Crippen molar-refractivity contribution in [2.45, 2.75) is 70.4 Å². The number of amides is 1. The second kappa shape index (κ2) is 6.34. The van der Waals surface area contributed by atoms with E-state index in [1.165, 1.54) is 49.9 Å². The van der Waals surface area contributed by atoms with E-state index in [-0.39, 0.29) is 5.91 Å². The van der Waals surface area contributed by atoms with Crippen LogP contribution in [0, 0.1) is 0 Å². The highest BCUT2D eigenvalue weighted by atomic mass is 16.1. The molecule has 0 unspecified atom stereocenters. The number of imidazole rings is 1. The molecule has 2 aliphatic rings. The summed E-state index contributed by atoms with van der Waals surface area (Å²) < 4.78 is 2.34. The summed E-state index contributed by atoms with van der Waals surface area (Å²) in [5, 5.41) is 3.20. The van der Waals surface area contributed by atoms with Crippen LogP contribution >= 0.6 is 0 Å². The number of carbonyl (C=O) groups is 1. The SMILES string of the molecule is O=C(NC1CCCCC1)c1ccc2c(c1)nc1n2CCCCC1. The van der Waals surface area contributed by atoms with Crippen LogP contribution in [0.4, 0.5) is 0 Å². The van der Waals surface area contributed by atoms with E-state index in [0.717, 1.165) is 36.9 Å². The molecular formula is C19H25N3O. The number of aromatic nitrogens is 2. The normalized spacial score (nSPS) is 19.3. The number of hydrogen-bond acceptors (Lipinski definition) is 2. The molecule has 1 fully saturated rings. The van der Waals surface area contributed by atoms with Gasteiger partial charge in [0, 0.05) is 24.6 Å². The molecule has 2 heterocycles. The quantitative estimate of drug-likeness (QED) is 0.916. The Morgan fingerprint density at radius 1 is 1.09 bits per heavy atom. The maximum Gasteiger partial charge on any atom is 0.251 e. The van der Waals surface area contributed by atoms with E-state index < -0.39 is 0 Å². The highest BCUT2D eigenvalue weighted by Crippen LogP contribution is 2.23. The topological polar surface area (TPSA) is 46.9 Å². The molecule has 4 heteroatoms. The van der Waals surface area contributed by atoms with E-state index in [4.69, 9.17) is 4.98 Å². The molecule has 0 atom stereocenters. The molecule has 4 rings (SSSR count). The van der Waals surface area contributed by atoms with E-state index in [0.29, 0.717) is 6.04 Å². The Hall–Kier alpha value is -1.84. The Morgan fingerprint density at radius 2 is 1.91 bits per heavy atom. The predicted octanol–water partition coefficient (Wildman–Crippen LogP) is 3.83. The Balaban J connectivity index is 1.57. The lowest BCUT2D eigenvalue weighted by Crippen LogP contribution is -2.36. The fourth-order valence-corrected chi connectivity index (χ4v) is 4.01. The summed E-state index contributed by atoms with van der Waals surface area (Å²) in [5.74, 6) is 1.24. The molecule has 122 valence electrons. The Labute approximate surface area is 137 Å². The summed E-state index contributed by atoms with van der Waals surface area (Å²) in [7, 11) is 0. The summed E-state index contributed by atoms with van der Waals surface area (Å²) >= 11 is 0. The summed E-state index contributed by atoms with van der Waals surface area (Å²) in [5.41, 5.74) is 2.89. The third kappa shape index (κ3) is 2.99. The first-order valence-electron chi connectivity index (χ1n) is 9.11. The van der Waals surface area contributed by atoms with Crippen LogP contribution in [-0.2, 0) is 13.0 Å². The zero-order chi connectivity index (χ0) is 15.6. The Kier molecular flexibility index (Phi) is 4.06. The lowest BCUT2D eigenvalue weighted by atomic mass is 9.95. The van der Waals surface area contributed by atoms with Gasteiger partial charge in [-0.05, 0) is 43.9 Å². The van der Waals surface area contributed by atoms with Gasteiger partial charge in [0.15, 0.2) is 0 Å². The van der Waals surface area contributed by atoms with Crippen molar-refractivity contribution >= 4 is 16.9 Å². The van der Waals surface area contributed by atoms with E-state index in [2.05, 4.69) is 16.0 Å². The molecule has 1 saturated carbocycles. The van der Waals surface area contributed by atoms with Gasteiger partial charge in [-0.1, -0.05) is 25.7 Å². The monoisotopic (exact) mass is 311 g/mol. The maximum absolute atomic E-state index is 12.5. The van der Waals surface area contributed by atoms with E-state index in [1.54, 1.807) is 0 Å². The number of benzene rings is 1. The minimum Gasteiger partial charge on any atom is -0.349 e. The number of nitrogens with one attached hydrogen (secondary N) is 1. The number of aryl methyl sites for hydroxylation is 2. The third-order valence-electron chi connectivity index (χ3n) is 5.31.